The van der Waals surface area contributed by atoms with Crippen LogP contribution in [0.1, 0.15) is 17.2 Å². The van der Waals surface area contributed by atoms with E-state index in [1.54, 1.807) is 17.1 Å². The highest BCUT2D eigenvalue weighted by Crippen LogP contribution is 2.33. The fourth-order valence-corrected chi connectivity index (χ4v) is 3.55. The summed E-state index contributed by atoms with van der Waals surface area (Å²) in [6.45, 7) is 0. The lowest BCUT2D eigenvalue weighted by Crippen LogP contribution is -2.13. The number of aromatic nitrogens is 3. The molecule has 1 aromatic heterocycles. The Bertz CT molecular complexity index is 997. The Morgan fingerprint density at radius 3 is 2.19 bits per heavy atom. The van der Waals surface area contributed by atoms with E-state index in [0.717, 1.165) is 16.7 Å². The number of nitrogens with zero attached hydrogens (tertiary/aromatic N) is 3. The summed E-state index contributed by atoms with van der Waals surface area (Å²) < 4.78 is 1.80. The SMILES string of the molecule is Clc1ccc(C(c2ccc(-c3ccccc3)cc2)n2cncn2)c(Cl)c1. The van der Waals surface area contributed by atoms with Gasteiger partial charge in [-0.25, -0.2) is 9.67 Å². The normalized spacial score (nSPS) is 12.1. The molecule has 3 nitrogen and oxygen atoms in total. The maximum Gasteiger partial charge on any atom is 0.137 e. The summed E-state index contributed by atoms with van der Waals surface area (Å²) in [6.07, 6.45) is 3.22. The topological polar surface area (TPSA) is 30.7 Å². The molecule has 5 heteroatoms. The van der Waals surface area contributed by atoms with E-state index in [2.05, 4.69) is 46.5 Å². The van der Waals surface area contributed by atoms with Crippen molar-refractivity contribution >= 4 is 23.2 Å². The van der Waals surface area contributed by atoms with E-state index in [1.165, 1.54) is 11.9 Å². The van der Waals surface area contributed by atoms with Crippen molar-refractivity contribution in [3.05, 3.63) is 107 Å². The van der Waals surface area contributed by atoms with Crippen LogP contribution in [0, 0.1) is 0 Å². The third kappa shape index (κ3) is 3.36. The summed E-state index contributed by atoms with van der Waals surface area (Å²) in [6, 6.07) is 24.0. The van der Waals surface area contributed by atoms with Gasteiger partial charge in [-0.05, 0) is 34.4 Å². The standard InChI is InChI=1S/C21H15Cl2N3/c22-18-10-11-19(20(23)12-18)21(26-14-24-13-25-26)17-8-6-16(7-9-17)15-4-2-1-3-5-15/h1-14,21H. The molecular weight excluding hydrogens is 365 g/mol. The van der Waals surface area contributed by atoms with E-state index in [1.807, 2.05) is 30.3 Å². The van der Waals surface area contributed by atoms with Crippen molar-refractivity contribution in [2.75, 3.05) is 0 Å². The van der Waals surface area contributed by atoms with Crippen LogP contribution < -0.4 is 0 Å². The van der Waals surface area contributed by atoms with E-state index in [4.69, 9.17) is 23.2 Å². The van der Waals surface area contributed by atoms with Crippen molar-refractivity contribution in [3.8, 4) is 11.1 Å². The molecule has 0 bridgehead atoms. The molecule has 0 saturated heterocycles. The molecule has 0 amide bonds. The molecular formula is C21H15Cl2N3. The van der Waals surface area contributed by atoms with Crippen LogP contribution in [0.15, 0.2) is 85.5 Å². The smallest absolute Gasteiger partial charge is 0.137 e. The van der Waals surface area contributed by atoms with Gasteiger partial charge >= 0.3 is 0 Å². The van der Waals surface area contributed by atoms with E-state index in [9.17, 15) is 0 Å². The lowest BCUT2D eigenvalue weighted by Gasteiger charge is -2.20. The van der Waals surface area contributed by atoms with Crippen molar-refractivity contribution in [2.24, 2.45) is 0 Å². The Morgan fingerprint density at radius 2 is 1.54 bits per heavy atom. The maximum absolute atomic E-state index is 6.47. The van der Waals surface area contributed by atoms with Gasteiger partial charge in [0.05, 0.1) is 0 Å². The molecule has 0 spiro atoms. The Kier molecular flexibility index (Phi) is 4.74. The predicted molar refractivity (Wildman–Crippen MR) is 106 cm³/mol. The van der Waals surface area contributed by atoms with Gasteiger partial charge in [0.2, 0.25) is 0 Å². The van der Waals surface area contributed by atoms with E-state index >= 15 is 0 Å². The van der Waals surface area contributed by atoms with Crippen LogP contribution in [-0.4, -0.2) is 14.8 Å². The first kappa shape index (κ1) is 16.8. The zero-order chi connectivity index (χ0) is 17.9. The molecule has 0 saturated carbocycles. The minimum absolute atomic E-state index is 0.174. The molecule has 1 heterocycles. The number of halogens is 2. The first-order chi connectivity index (χ1) is 12.7. The van der Waals surface area contributed by atoms with Crippen LogP contribution in [0.4, 0.5) is 0 Å². The minimum Gasteiger partial charge on any atom is -0.241 e. The van der Waals surface area contributed by atoms with Crippen LogP contribution in [-0.2, 0) is 0 Å². The molecule has 4 aromatic rings. The summed E-state index contributed by atoms with van der Waals surface area (Å²) in [7, 11) is 0. The molecule has 4 rings (SSSR count). The zero-order valence-electron chi connectivity index (χ0n) is 13.8. The molecule has 0 aliphatic carbocycles. The Hall–Kier alpha value is -2.62. The van der Waals surface area contributed by atoms with Crippen molar-refractivity contribution in [2.45, 2.75) is 6.04 Å². The molecule has 0 radical (unpaired) electrons. The fourth-order valence-electron chi connectivity index (χ4n) is 3.04. The highest BCUT2D eigenvalue weighted by Gasteiger charge is 2.20. The van der Waals surface area contributed by atoms with Gasteiger partial charge in [0.25, 0.3) is 0 Å². The molecule has 1 unspecified atom stereocenters. The van der Waals surface area contributed by atoms with Crippen LogP contribution in [0.2, 0.25) is 10.0 Å². The van der Waals surface area contributed by atoms with Crippen LogP contribution in [0.25, 0.3) is 11.1 Å². The van der Waals surface area contributed by atoms with Gasteiger partial charge in [-0.3, -0.25) is 0 Å². The molecule has 0 N–H and O–H groups in total. The molecule has 0 aliphatic rings. The summed E-state index contributed by atoms with van der Waals surface area (Å²) in [4.78, 5) is 4.09. The van der Waals surface area contributed by atoms with E-state index in [0.29, 0.717) is 10.0 Å². The second-order valence-corrected chi connectivity index (χ2v) is 6.78. The van der Waals surface area contributed by atoms with E-state index < -0.39 is 0 Å². The average Bonchev–Trinajstić information content (AvgIpc) is 3.19. The third-order valence-corrected chi connectivity index (χ3v) is 4.85. The van der Waals surface area contributed by atoms with Crippen molar-refractivity contribution in [1.82, 2.24) is 14.8 Å². The summed E-state index contributed by atoms with van der Waals surface area (Å²) >= 11 is 12.5. The molecule has 128 valence electrons. The molecule has 3 aromatic carbocycles. The monoisotopic (exact) mass is 379 g/mol. The fraction of sp³-hybridized carbons (Fsp3) is 0.0476. The Morgan fingerprint density at radius 1 is 0.808 bits per heavy atom. The second-order valence-electron chi connectivity index (χ2n) is 5.93. The highest BCUT2D eigenvalue weighted by molar-refractivity contribution is 6.35. The second kappa shape index (κ2) is 7.32. The number of hydrogen-bond donors (Lipinski definition) is 0. The number of hydrogen-bond acceptors (Lipinski definition) is 2. The Balaban J connectivity index is 1.78. The van der Waals surface area contributed by atoms with Crippen LogP contribution >= 0.6 is 23.2 Å². The molecule has 1 atom stereocenters. The summed E-state index contributed by atoms with van der Waals surface area (Å²) in [5.41, 5.74) is 4.34. The number of rotatable bonds is 4. The van der Waals surface area contributed by atoms with Crippen molar-refractivity contribution < 1.29 is 0 Å². The van der Waals surface area contributed by atoms with Gasteiger partial charge < -0.3 is 0 Å². The molecule has 0 fully saturated rings. The molecule has 0 aliphatic heterocycles. The third-order valence-electron chi connectivity index (χ3n) is 4.29. The van der Waals surface area contributed by atoms with Crippen LogP contribution in [0.5, 0.6) is 0 Å². The lowest BCUT2D eigenvalue weighted by molar-refractivity contribution is 0.594. The van der Waals surface area contributed by atoms with Crippen molar-refractivity contribution in [3.63, 3.8) is 0 Å². The minimum atomic E-state index is -0.174. The average molecular weight is 380 g/mol. The Labute approximate surface area is 161 Å². The summed E-state index contributed by atoms with van der Waals surface area (Å²) in [5, 5.41) is 5.54. The van der Waals surface area contributed by atoms with Crippen molar-refractivity contribution in [1.29, 1.82) is 0 Å². The van der Waals surface area contributed by atoms with Gasteiger partial charge in [0.15, 0.2) is 0 Å². The predicted octanol–water partition coefficient (Wildman–Crippen LogP) is 5.89. The zero-order valence-corrected chi connectivity index (χ0v) is 15.3. The van der Waals surface area contributed by atoms with Gasteiger partial charge in [-0.2, -0.15) is 5.10 Å². The lowest BCUT2D eigenvalue weighted by atomic mass is 9.96. The van der Waals surface area contributed by atoms with Gasteiger partial charge in [-0.1, -0.05) is 83.9 Å². The quantitative estimate of drug-likeness (QED) is 0.442. The molecule has 26 heavy (non-hydrogen) atoms. The van der Waals surface area contributed by atoms with Gasteiger partial charge in [-0.15, -0.1) is 0 Å². The summed E-state index contributed by atoms with van der Waals surface area (Å²) in [5.74, 6) is 0. The number of benzene rings is 3. The first-order valence-electron chi connectivity index (χ1n) is 8.17. The highest BCUT2D eigenvalue weighted by atomic mass is 35.5. The largest absolute Gasteiger partial charge is 0.241 e. The van der Waals surface area contributed by atoms with Crippen LogP contribution in [0.3, 0.4) is 0 Å². The van der Waals surface area contributed by atoms with Gasteiger partial charge in [0, 0.05) is 10.0 Å². The maximum atomic E-state index is 6.47. The van der Waals surface area contributed by atoms with E-state index in [-0.39, 0.29) is 6.04 Å². The first-order valence-corrected chi connectivity index (χ1v) is 8.92. The van der Waals surface area contributed by atoms with Gasteiger partial charge in [0.1, 0.15) is 18.7 Å².